The number of alkyl halides is 1. The molecule has 3 heterocycles. The quantitative estimate of drug-likeness (QED) is 0.703. The van der Waals surface area contributed by atoms with Crippen LogP contribution in [0.3, 0.4) is 0 Å². The molecule has 0 aromatic carbocycles. The Bertz CT molecular complexity index is 669. The Balaban J connectivity index is 1.58. The van der Waals surface area contributed by atoms with Crippen LogP contribution in [0.15, 0.2) is 12.4 Å². The van der Waals surface area contributed by atoms with E-state index < -0.39 is 6.17 Å². The summed E-state index contributed by atoms with van der Waals surface area (Å²) in [7, 11) is 3.94. The van der Waals surface area contributed by atoms with Gasteiger partial charge >= 0.3 is 0 Å². The minimum Gasteiger partial charge on any atom is -0.297 e. The summed E-state index contributed by atoms with van der Waals surface area (Å²) in [6.07, 6.45) is 4.65. The fourth-order valence-electron chi connectivity index (χ4n) is 3.48. The molecule has 2 aromatic rings. The van der Waals surface area contributed by atoms with Crippen molar-refractivity contribution in [2.45, 2.75) is 51.6 Å². The Labute approximate surface area is 147 Å². The van der Waals surface area contributed by atoms with Crippen LogP contribution in [0.5, 0.6) is 0 Å². The van der Waals surface area contributed by atoms with Crippen LogP contribution in [0.4, 0.5) is 4.39 Å². The molecule has 0 unspecified atom stereocenters. The Morgan fingerprint density at radius 1 is 1.40 bits per heavy atom. The van der Waals surface area contributed by atoms with Gasteiger partial charge in [-0.05, 0) is 30.3 Å². The van der Waals surface area contributed by atoms with Crippen molar-refractivity contribution in [2.24, 2.45) is 7.05 Å². The standard InChI is InChI=1S/C16H27FN8/c1-4-5-25-16(19-20-21-25)12-22(2)11-15-6-14(17)10-24(15)9-13-7-18-23(3)8-13/h7-8,14-15H,4-6,9-12H2,1-3H3/t14-,15-/m0/s1. The van der Waals surface area contributed by atoms with E-state index in [0.717, 1.165) is 37.4 Å². The van der Waals surface area contributed by atoms with Gasteiger partial charge in [0.2, 0.25) is 0 Å². The summed E-state index contributed by atoms with van der Waals surface area (Å²) in [6.45, 7) is 5.60. The summed E-state index contributed by atoms with van der Waals surface area (Å²) in [5.74, 6) is 0.859. The highest BCUT2D eigenvalue weighted by atomic mass is 19.1. The third kappa shape index (κ3) is 4.60. The van der Waals surface area contributed by atoms with E-state index in [4.69, 9.17) is 0 Å². The Hall–Kier alpha value is -1.87. The number of nitrogens with zero attached hydrogens (tertiary/aromatic N) is 8. The molecule has 2 atom stereocenters. The smallest absolute Gasteiger partial charge is 0.165 e. The zero-order valence-electron chi connectivity index (χ0n) is 15.2. The number of rotatable bonds is 8. The maximum Gasteiger partial charge on any atom is 0.165 e. The van der Waals surface area contributed by atoms with Crippen molar-refractivity contribution in [2.75, 3.05) is 20.1 Å². The number of hydrogen-bond donors (Lipinski definition) is 0. The number of aryl methyl sites for hydroxylation is 2. The van der Waals surface area contributed by atoms with Crippen molar-refractivity contribution in [1.82, 2.24) is 39.8 Å². The predicted molar refractivity (Wildman–Crippen MR) is 91.4 cm³/mol. The van der Waals surface area contributed by atoms with Crippen molar-refractivity contribution in [3.8, 4) is 0 Å². The van der Waals surface area contributed by atoms with Crippen LogP contribution >= 0.6 is 0 Å². The first-order chi connectivity index (χ1) is 12.0. The van der Waals surface area contributed by atoms with Crippen molar-refractivity contribution in [3.63, 3.8) is 0 Å². The van der Waals surface area contributed by atoms with Gasteiger partial charge in [-0.1, -0.05) is 6.92 Å². The highest BCUT2D eigenvalue weighted by molar-refractivity contribution is 5.05. The summed E-state index contributed by atoms with van der Waals surface area (Å²) in [5, 5.41) is 16.1. The second-order valence-corrected chi connectivity index (χ2v) is 6.95. The number of likely N-dealkylation sites (N-methyl/N-ethyl adjacent to an activating group) is 1. The number of likely N-dealkylation sites (tertiary alicyclic amines) is 1. The minimum absolute atomic E-state index is 0.190. The van der Waals surface area contributed by atoms with Crippen LogP contribution < -0.4 is 0 Å². The maximum absolute atomic E-state index is 14.0. The van der Waals surface area contributed by atoms with E-state index in [9.17, 15) is 4.39 Å². The zero-order chi connectivity index (χ0) is 17.8. The van der Waals surface area contributed by atoms with Crippen molar-refractivity contribution < 1.29 is 4.39 Å². The van der Waals surface area contributed by atoms with Gasteiger partial charge in [-0.15, -0.1) is 5.10 Å². The minimum atomic E-state index is -0.763. The third-order valence-electron chi connectivity index (χ3n) is 4.60. The summed E-state index contributed by atoms with van der Waals surface area (Å²) in [6, 6.07) is 0.190. The van der Waals surface area contributed by atoms with E-state index in [2.05, 4.69) is 37.3 Å². The van der Waals surface area contributed by atoms with E-state index in [1.54, 1.807) is 4.68 Å². The number of halogens is 1. The van der Waals surface area contributed by atoms with Crippen LogP contribution in [0.1, 0.15) is 31.2 Å². The van der Waals surface area contributed by atoms with E-state index in [0.29, 0.717) is 19.5 Å². The van der Waals surface area contributed by atoms with Gasteiger partial charge in [0.1, 0.15) is 6.17 Å². The van der Waals surface area contributed by atoms with E-state index in [-0.39, 0.29) is 6.04 Å². The van der Waals surface area contributed by atoms with Crippen molar-refractivity contribution in [3.05, 3.63) is 23.8 Å². The lowest BCUT2D eigenvalue weighted by atomic mass is 10.2. The van der Waals surface area contributed by atoms with Gasteiger partial charge in [0.15, 0.2) is 5.82 Å². The fourth-order valence-corrected chi connectivity index (χ4v) is 3.48. The first-order valence-corrected chi connectivity index (χ1v) is 8.84. The first kappa shape index (κ1) is 17.9. The van der Waals surface area contributed by atoms with E-state index in [1.165, 1.54) is 0 Å². The Morgan fingerprint density at radius 2 is 2.24 bits per heavy atom. The van der Waals surface area contributed by atoms with Crippen LogP contribution in [-0.4, -0.2) is 72.1 Å². The lowest BCUT2D eigenvalue weighted by Crippen LogP contribution is -2.38. The summed E-state index contributed by atoms with van der Waals surface area (Å²) >= 11 is 0. The van der Waals surface area contributed by atoms with Gasteiger partial charge < -0.3 is 0 Å². The third-order valence-corrected chi connectivity index (χ3v) is 4.60. The molecular weight excluding hydrogens is 323 g/mol. The molecule has 138 valence electrons. The van der Waals surface area contributed by atoms with Crippen LogP contribution in [0.25, 0.3) is 0 Å². The maximum atomic E-state index is 14.0. The molecule has 1 saturated heterocycles. The molecule has 3 rings (SSSR count). The highest BCUT2D eigenvalue weighted by Gasteiger charge is 2.33. The second-order valence-electron chi connectivity index (χ2n) is 6.95. The van der Waals surface area contributed by atoms with Crippen LogP contribution in [-0.2, 0) is 26.7 Å². The zero-order valence-corrected chi connectivity index (χ0v) is 15.2. The lowest BCUT2D eigenvalue weighted by molar-refractivity contribution is 0.177. The van der Waals surface area contributed by atoms with E-state index >= 15 is 0 Å². The molecule has 0 radical (unpaired) electrons. The Kier molecular flexibility index (Phi) is 5.74. The summed E-state index contributed by atoms with van der Waals surface area (Å²) in [4.78, 5) is 4.39. The van der Waals surface area contributed by atoms with Gasteiger partial charge in [0, 0.05) is 51.0 Å². The molecule has 1 fully saturated rings. The van der Waals surface area contributed by atoms with Crippen molar-refractivity contribution >= 4 is 0 Å². The first-order valence-electron chi connectivity index (χ1n) is 8.84. The van der Waals surface area contributed by atoms with E-state index in [1.807, 2.05) is 31.2 Å². The largest absolute Gasteiger partial charge is 0.297 e. The SMILES string of the molecule is CCCn1nnnc1CN(C)C[C@@H]1C[C@H](F)CN1Cc1cnn(C)c1. The fraction of sp³-hybridized carbons (Fsp3) is 0.750. The number of hydrogen-bond acceptors (Lipinski definition) is 6. The molecule has 9 heteroatoms. The molecule has 0 N–H and O–H groups in total. The predicted octanol–water partition coefficient (Wildman–Crippen LogP) is 0.861. The summed E-state index contributed by atoms with van der Waals surface area (Å²) < 4.78 is 17.6. The average molecular weight is 350 g/mol. The van der Waals surface area contributed by atoms with Gasteiger partial charge in [0.25, 0.3) is 0 Å². The van der Waals surface area contributed by atoms with Gasteiger partial charge in [-0.2, -0.15) is 5.10 Å². The van der Waals surface area contributed by atoms with Crippen LogP contribution in [0, 0.1) is 0 Å². The average Bonchev–Trinajstić information content (AvgIpc) is 3.23. The number of tetrazole rings is 1. The molecule has 1 aliphatic heterocycles. The molecule has 0 bridgehead atoms. The topological polar surface area (TPSA) is 67.9 Å². The molecule has 2 aromatic heterocycles. The second kappa shape index (κ2) is 8.01. The molecule has 0 amide bonds. The normalized spacial score (nSPS) is 21.5. The molecule has 8 nitrogen and oxygen atoms in total. The van der Waals surface area contributed by atoms with Gasteiger partial charge in [-0.25, -0.2) is 9.07 Å². The molecular formula is C16H27FN8. The van der Waals surface area contributed by atoms with Crippen molar-refractivity contribution in [1.29, 1.82) is 0 Å². The molecule has 0 spiro atoms. The van der Waals surface area contributed by atoms with Crippen LogP contribution in [0.2, 0.25) is 0 Å². The Morgan fingerprint density at radius 3 is 2.96 bits per heavy atom. The highest BCUT2D eigenvalue weighted by Crippen LogP contribution is 2.23. The van der Waals surface area contributed by atoms with Gasteiger partial charge in [-0.3, -0.25) is 14.5 Å². The lowest BCUT2D eigenvalue weighted by Gasteiger charge is -2.27. The molecule has 25 heavy (non-hydrogen) atoms. The summed E-state index contributed by atoms with van der Waals surface area (Å²) in [5.41, 5.74) is 1.12. The molecule has 0 aliphatic carbocycles. The van der Waals surface area contributed by atoms with Gasteiger partial charge in [0.05, 0.1) is 12.7 Å². The number of aromatic nitrogens is 6. The monoisotopic (exact) mass is 350 g/mol. The molecule has 1 aliphatic rings. The molecule has 0 saturated carbocycles.